The zero-order valence-corrected chi connectivity index (χ0v) is 17.0. The first-order valence-corrected chi connectivity index (χ1v) is 9.69. The molecule has 1 heterocycles. The van der Waals surface area contributed by atoms with Gasteiger partial charge >= 0.3 is 0 Å². The lowest BCUT2D eigenvalue weighted by atomic mass is 10.2. The van der Waals surface area contributed by atoms with Crippen LogP contribution in [-0.4, -0.2) is 53.4 Å². The van der Waals surface area contributed by atoms with Crippen LogP contribution in [0.2, 0.25) is 0 Å². The number of ether oxygens (including phenoxy) is 1. The molecule has 0 aliphatic heterocycles. The number of nitrogens with zero attached hydrogens (tertiary/aromatic N) is 3. The molecule has 1 aromatic heterocycles. The van der Waals surface area contributed by atoms with E-state index in [1.807, 2.05) is 12.3 Å². The summed E-state index contributed by atoms with van der Waals surface area (Å²) in [4.78, 5) is 40.7. The van der Waals surface area contributed by atoms with Crippen molar-refractivity contribution in [2.45, 2.75) is 13.3 Å². The second-order valence-electron chi connectivity index (χ2n) is 6.13. The van der Waals surface area contributed by atoms with Crippen LogP contribution in [0.15, 0.2) is 35.7 Å². The molecule has 10 heteroatoms. The molecule has 0 fully saturated rings. The maximum absolute atomic E-state index is 12.6. The standard InChI is InChI=1S/C19H22N4O5S/c1-14-13-29-19(20-14)21-17(24)12-22(10-3-11-28-2)18(25)9-6-15-4-7-16(8-5-15)23(26)27/h4-9,13H,3,10-12H2,1-2H3,(H,20,21,24)/b9-6+. The van der Waals surface area contributed by atoms with Crippen LogP contribution in [0.5, 0.6) is 0 Å². The van der Waals surface area contributed by atoms with Gasteiger partial charge in [0.15, 0.2) is 5.13 Å². The number of aromatic nitrogens is 1. The van der Waals surface area contributed by atoms with Crippen LogP contribution in [0.4, 0.5) is 10.8 Å². The van der Waals surface area contributed by atoms with Crippen LogP contribution < -0.4 is 5.32 Å². The van der Waals surface area contributed by atoms with Gasteiger partial charge in [0, 0.05) is 43.9 Å². The molecular weight excluding hydrogens is 396 g/mol. The Morgan fingerprint density at radius 2 is 2.07 bits per heavy atom. The zero-order valence-electron chi connectivity index (χ0n) is 16.2. The van der Waals surface area contributed by atoms with Crippen LogP contribution in [0, 0.1) is 17.0 Å². The lowest BCUT2D eigenvalue weighted by Gasteiger charge is -2.20. The maximum atomic E-state index is 12.6. The Morgan fingerprint density at radius 1 is 1.34 bits per heavy atom. The number of hydrogen-bond acceptors (Lipinski definition) is 7. The quantitative estimate of drug-likeness (QED) is 0.275. The van der Waals surface area contributed by atoms with Crippen molar-refractivity contribution in [3.05, 3.63) is 57.1 Å². The predicted molar refractivity (Wildman–Crippen MR) is 111 cm³/mol. The van der Waals surface area contributed by atoms with Crippen LogP contribution >= 0.6 is 11.3 Å². The third-order valence-electron chi connectivity index (χ3n) is 3.81. The van der Waals surface area contributed by atoms with Crippen molar-refractivity contribution in [1.29, 1.82) is 0 Å². The molecule has 29 heavy (non-hydrogen) atoms. The Bertz CT molecular complexity index is 879. The van der Waals surface area contributed by atoms with Crippen LogP contribution in [0.3, 0.4) is 0 Å². The van der Waals surface area contributed by atoms with E-state index in [2.05, 4.69) is 10.3 Å². The Morgan fingerprint density at radius 3 is 2.66 bits per heavy atom. The molecule has 1 N–H and O–H groups in total. The Hall–Kier alpha value is -3.11. The van der Waals surface area contributed by atoms with E-state index in [1.54, 1.807) is 25.3 Å². The van der Waals surface area contributed by atoms with E-state index >= 15 is 0 Å². The number of methoxy groups -OCH3 is 1. The molecule has 9 nitrogen and oxygen atoms in total. The summed E-state index contributed by atoms with van der Waals surface area (Å²) in [6.45, 7) is 2.52. The minimum atomic E-state index is -0.487. The van der Waals surface area contributed by atoms with Crippen molar-refractivity contribution in [3.8, 4) is 0 Å². The molecule has 0 bridgehead atoms. The third-order valence-corrected chi connectivity index (χ3v) is 4.69. The number of nitro benzene ring substituents is 1. The summed E-state index contributed by atoms with van der Waals surface area (Å²) in [6, 6.07) is 5.83. The highest BCUT2D eigenvalue weighted by Gasteiger charge is 2.16. The highest BCUT2D eigenvalue weighted by molar-refractivity contribution is 7.13. The number of amides is 2. The highest BCUT2D eigenvalue weighted by Crippen LogP contribution is 2.15. The Balaban J connectivity index is 2.01. The van der Waals surface area contributed by atoms with E-state index in [0.29, 0.717) is 30.3 Å². The van der Waals surface area contributed by atoms with Crippen LogP contribution in [0.1, 0.15) is 17.7 Å². The number of anilines is 1. The number of nitrogens with one attached hydrogen (secondary N) is 1. The summed E-state index contributed by atoms with van der Waals surface area (Å²) in [5.74, 6) is -0.682. The minimum absolute atomic E-state index is 0.0243. The summed E-state index contributed by atoms with van der Waals surface area (Å²) < 4.78 is 5.02. The van der Waals surface area contributed by atoms with Gasteiger partial charge in [0.05, 0.1) is 10.6 Å². The zero-order chi connectivity index (χ0) is 21.2. The molecule has 0 aliphatic rings. The van der Waals surface area contributed by atoms with Gasteiger partial charge in [0.1, 0.15) is 6.54 Å². The Kier molecular flexibility index (Phi) is 8.44. The average Bonchev–Trinajstić information content (AvgIpc) is 3.10. The number of rotatable bonds is 10. The number of thiazole rings is 1. The van der Waals surface area contributed by atoms with Gasteiger partial charge in [0.2, 0.25) is 11.8 Å². The average molecular weight is 418 g/mol. The van der Waals surface area contributed by atoms with E-state index < -0.39 is 4.92 Å². The second kappa shape index (κ2) is 11.0. The molecule has 1 aromatic carbocycles. The summed E-state index contributed by atoms with van der Waals surface area (Å²) in [7, 11) is 1.57. The first-order chi connectivity index (χ1) is 13.9. The SMILES string of the molecule is COCCCN(CC(=O)Nc1nc(C)cs1)C(=O)/C=C/c1ccc([N+](=O)[O-])cc1. The fourth-order valence-electron chi connectivity index (χ4n) is 2.39. The fraction of sp³-hybridized carbons (Fsp3) is 0.316. The van der Waals surface area contributed by atoms with Crippen molar-refractivity contribution in [2.24, 2.45) is 0 Å². The molecule has 154 valence electrons. The fourth-order valence-corrected chi connectivity index (χ4v) is 3.09. The topological polar surface area (TPSA) is 115 Å². The molecule has 0 aliphatic carbocycles. The van der Waals surface area contributed by atoms with Gasteiger partial charge < -0.3 is 15.0 Å². The van der Waals surface area contributed by atoms with Gasteiger partial charge in [-0.3, -0.25) is 19.7 Å². The van der Waals surface area contributed by atoms with Crippen molar-refractivity contribution >= 4 is 40.0 Å². The van der Waals surface area contributed by atoms with Crippen molar-refractivity contribution in [2.75, 3.05) is 32.1 Å². The first-order valence-electron chi connectivity index (χ1n) is 8.81. The van der Waals surface area contributed by atoms with E-state index in [0.717, 1.165) is 5.69 Å². The lowest BCUT2D eigenvalue weighted by Crippen LogP contribution is -2.38. The molecule has 0 saturated heterocycles. The second-order valence-corrected chi connectivity index (χ2v) is 6.99. The molecule has 0 saturated carbocycles. The van der Waals surface area contributed by atoms with E-state index in [9.17, 15) is 19.7 Å². The smallest absolute Gasteiger partial charge is 0.269 e. The number of aryl methyl sites for hydroxylation is 1. The third kappa shape index (κ3) is 7.43. The number of hydrogen-bond donors (Lipinski definition) is 1. The van der Waals surface area contributed by atoms with E-state index in [1.165, 1.54) is 34.4 Å². The van der Waals surface area contributed by atoms with E-state index in [4.69, 9.17) is 4.74 Å². The van der Waals surface area contributed by atoms with Gasteiger partial charge in [-0.15, -0.1) is 11.3 Å². The minimum Gasteiger partial charge on any atom is -0.385 e. The number of nitro groups is 1. The largest absolute Gasteiger partial charge is 0.385 e. The summed E-state index contributed by atoms with van der Waals surface area (Å²) >= 11 is 1.32. The number of benzene rings is 1. The highest BCUT2D eigenvalue weighted by atomic mass is 32.1. The first kappa shape index (κ1) is 22.2. The van der Waals surface area contributed by atoms with Gasteiger partial charge in [-0.05, 0) is 37.1 Å². The van der Waals surface area contributed by atoms with Gasteiger partial charge in [-0.25, -0.2) is 4.98 Å². The molecule has 0 atom stereocenters. The summed E-state index contributed by atoms with van der Waals surface area (Å²) in [6.07, 6.45) is 3.48. The Labute approximate surface area is 172 Å². The molecule has 0 unspecified atom stereocenters. The van der Waals surface area contributed by atoms with Crippen molar-refractivity contribution in [3.63, 3.8) is 0 Å². The number of non-ortho nitro benzene ring substituents is 1. The molecule has 0 radical (unpaired) electrons. The molecule has 2 amide bonds. The number of carbonyl (C=O) groups is 2. The van der Waals surface area contributed by atoms with Gasteiger partial charge in [-0.1, -0.05) is 0 Å². The monoisotopic (exact) mass is 418 g/mol. The van der Waals surface area contributed by atoms with Gasteiger partial charge in [0.25, 0.3) is 5.69 Å². The van der Waals surface area contributed by atoms with Crippen molar-refractivity contribution < 1.29 is 19.2 Å². The summed E-state index contributed by atoms with van der Waals surface area (Å²) in [5, 5.41) is 15.7. The molecule has 2 rings (SSSR count). The molecular formula is C19H22N4O5S. The normalized spacial score (nSPS) is 10.8. The van der Waals surface area contributed by atoms with Gasteiger partial charge in [-0.2, -0.15) is 0 Å². The van der Waals surface area contributed by atoms with E-state index in [-0.39, 0.29) is 24.0 Å². The number of carbonyl (C=O) groups excluding carboxylic acids is 2. The molecule has 2 aromatic rings. The summed E-state index contributed by atoms with van der Waals surface area (Å²) in [5.41, 5.74) is 1.43. The van der Waals surface area contributed by atoms with Crippen LogP contribution in [-0.2, 0) is 14.3 Å². The van der Waals surface area contributed by atoms with Crippen LogP contribution in [0.25, 0.3) is 6.08 Å². The van der Waals surface area contributed by atoms with Crippen molar-refractivity contribution in [1.82, 2.24) is 9.88 Å². The predicted octanol–water partition coefficient (Wildman–Crippen LogP) is 2.88. The molecule has 0 spiro atoms. The maximum Gasteiger partial charge on any atom is 0.269 e. The lowest BCUT2D eigenvalue weighted by molar-refractivity contribution is -0.384.